The molecule has 0 radical (unpaired) electrons. The summed E-state index contributed by atoms with van der Waals surface area (Å²) < 4.78 is 11.1. The second-order valence-electron chi connectivity index (χ2n) is 7.70. The van der Waals surface area contributed by atoms with Gasteiger partial charge in [0.1, 0.15) is 6.61 Å². The van der Waals surface area contributed by atoms with Gasteiger partial charge in [-0.2, -0.15) is 0 Å². The van der Waals surface area contributed by atoms with E-state index in [0.29, 0.717) is 6.61 Å². The maximum Gasteiger partial charge on any atom is 0.160 e. The summed E-state index contributed by atoms with van der Waals surface area (Å²) in [5, 5.41) is 0.738. The van der Waals surface area contributed by atoms with Gasteiger partial charge in [0, 0.05) is 19.5 Å². The summed E-state index contributed by atoms with van der Waals surface area (Å²) in [7, 11) is 0. The molecule has 0 amide bonds. The standard InChI is InChI=1S/C23H39NO2S/c1-20(2)8-5-9-21(3)10-6-11-22(4)13-17-26-23(27)12-7-14-24-15-18-25-19-16-24/h8,10,13H,5-7,9,11-12,14-19H2,1-4H3/b21-10+,22-13+. The molecule has 1 aliphatic heterocycles. The highest BCUT2D eigenvalue weighted by molar-refractivity contribution is 7.80. The van der Waals surface area contributed by atoms with E-state index in [1.54, 1.807) is 0 Å². The first kappa shape index (κ1) is 24.1. The molecule has 3 nitrogen and oxygen atoms in total. The monoisotopic (exact) mass is 393 g/mol. The maximum atomic E-state index is 5.69. The van der Waals surface area contributed by atoms with E-state index >= 15 is 0 Å². The minimum atomic E-state index is 0.603. The van der Waals surface area contributed by atoms with Crippen LogP contribution in [0.4, 0.5) is 0 Å². The van der Waals surface area contributed by atoms with E-state index in [4.69, 9.17) is 21.7 Å². The number of hydrogen-bond donors (Lipinski definition) is 0. The van der Waals surface area contributed by atoms with Gasteiger partial charge in [-0.3, -0.25) is 4.90 Å². The van der Waals surface area contributed by atoms with E-state index in [2.05, 4.69) is 50.8 Å². The quantitative estimate of drug-likeness (QED) is 0.306. The highest BCUT2D eigenvalue weighted by atomic mass is 32.1. The van der Waals surface area contributed by atoms with Gasteiger partial charge in [0.2, 0.25) is 0 Å². The van der Waals surface area contributed by atoms with Crippen molar-refractivity contribution in [3.63, 3.8) is 0 Å². The topological polar surface area (TPSA) is 21.7 Å². The van der Waals surface area contributed by atoms with Crippen LogP contribution in [-0.4, -0.2) is 49.4 Å². The molecule has 0 spiro atoms. The van der Waals surface area contributed by atoms with Crippen molar-refractivity contribution in [1.29, 1.82) is 0 Å². The lowest BCUT2D eigenvalue weighted by Gasteiger charge is -2.26. The third kappa shape index (κ3) is 13.8. The van der Waals surface area contributed by atoms with Crippen molar-refractivity contribution in [3.05, 3.63) is 34.9 Å². The molecule has 154 valence electrons. The van der Waals surface area contributed by atoms with Gasteiger partial charge < -0.3 is 9.47 Å². The minimum Gasteiger partial charge on any atom is -0.483 e. The molecule has 0 aromatic carbocycles. The van der Waals surface area contributed by atoms with Gasteiger partial charge in [0.05, 0.1) is 13.2 Å². The van der Waals surface area contributed by atoms with E-state index in [-0.39, 0.29) is 0 Å². The summed E-state index contributed by atoms with van der Waals surface area (Å²) in [5.74, 6) is 0. The lowest BCUT2D eigenvalue weighted by atomic mass is 10.1. The summed E-state index contributed by atoms with van der Waals surface area (Å²) in [5.41, 5.74) is 4.26. The average molecular weight is 394 g/mol. The average Bonchev–Trinajstić information content (AvgIpc) is 2.62. The van der Waals surface area contributed by atoms with Crippen LogP contribution in [0.25, 0.3) is 0 Å². The van der Waals surface area contributed by atoms with E-state index in [9.17, 15) is 0 Å². The van der Waals surface area contributed by atoms with Crippen LogP contribution in [-0.2, 0) is 9.47 Å². The second-order valence-corrected chi connectivity index (χ2v) is 8.16. The van der Waals surface area contributed by atoms with E-state index in [0.717, 1.165) is 76.4 Å². The van der Waals surface area contributed by atoms with Crippen molar-refractivity contribution in [2.45, 2.75) is 66.2 Å². The largest absolute Gasteiger partial charge is 0.483 e. The Morgan fingerprint density at radius 1 is 0.926 bits per heavy atom. The Hall–Kier alpha value is -0.970. The molecule has 1 aliphatic rings. The van der Waals surface area contributed by atoms with Crippen molar-refractivity contribution in [1.82, 2.24) is 4.90 Å². The van der Waals surface area contributed by atoms with Crippen LogP contribution in [0, 0.1) is 0 Å². The van der Waals surface area contributed by atoms with Crippen molar-refractivity contribution in [3.8, 4) is 0 Å². The number of nitrogens with zero attached hydrogens (tertiary/aromatic N) is 1. The van der Waals surface area contributed by atoms with E-state index < -0.39 is 0 Å². The van der Waals surface area contributed by atoms with Crippen LogP contribution in [0.3, 0.4) is 0 Å². The highest BCUT2D eigenvalue weighted by Gasteiger charge is 2.09. The first-order valence-corrected chi connectivity index (χ1v) is 10.8. The molecule has 0 aliphatic carbocycles. The van der Waals surface area contributed by atoms with Gasteiger partial charge in [-0.1, -0.05) is 28.9 Å². The van der Waals surface area contributed by atoms with Crippen LogP contribution in [0.15, 0.2) is 34.9 Å². The first-order chi connectivity index (χ1) is 13.0. The fourth-order valence-electron chi connectivity index (χ4n) is 2.96. The molecular formula is C23H39NO2S. The van der Waals surface area contributed by atoms with Crippen LogP contribution in [0.1, 0.15) is 66.2 Å². The van der Waals surface area contributed by atoms with Crippen molar-refractivity contribution in [2.75, 3.05) is 39.5 Å². The Morgan fingerprint density at radius 2 is 1.56 bits per heavy atom. The molecule has 1 saturated heterocycles. The highest BCUT2D eigenvalue weighted by Crippen LogP contribution is 2.11. The van der Waals surface area contributed by atoms with Crippen LogP contribution < -0.4 is 0 Å². The Kier molecular flexibility index (Phi) is 13.4. The SMILES string of the molecule is CC(C)=CCC/C(C)=C/CC/C(C)=C/COC(=S)CCCN1CCOCC1. The van der Waals surface area contributed by atoms with Gasteiger partial charge in [-0.05, 0) is 84.6 Å². The molecule has 0 unspecified atom stereocenters. The summed E-state index contributed by atoms with van der Waals surface area (Å²) in [6.07, 6.45) is 13.3. The molecule has 0 aromatic heterocycles. The van der Waals surface area contributed by atoms with Crippen LogP contribution in [0.5, 0.6) is 0 Å². The second kappa shape index (κ2) is 15.0. The smallest absolute Gasteiger partial charge is 0.160 e. The fraction of sp³-hybridized carbons (Fsp3) is 0.696. The molecule has 1 rings (SSSR count). The molecule has 0 N–H and O–H groups in total. The summed E-state index contributed by atoms with van der Waals surface area (Å²) >= 11 is 5.34. The zero-order valence-corrected chi connectivity index (χ0v) is 18.7. The first-order valence-electron chi connectivity index (χ1n) is 10.4. The van der Waals surface area contributed by atoms with Crippen LogP contribution in [0.2, 0.25) is 0 Å². The number of rotatable bonds is 12. The summed E-state index contributed by atoms with van der Waals surface area (Å²) in [6.45, 7) is 14.2. The molecule has 27 heavy (non-hydrogen) atoms. The van der Waals surface area contributed by atoms with Gasteiger partial charge >= 0.3 is 0 Å². The molecule has 4 heteroatoms. The Morgan fingerprint density at radius 3 is 2.22 bits per heavy atom. The number of morpholine rings is 1. The molecule has 0 bridgehead atoms. The van der Waals surface area contributed by atoms with Crippen molar-refractivity contribution in [2.24, 2.45) is 0 Å². The molecule has 0 aromatic rings. The summed E-state index contributed by atoms with van der Waals surface area (Å²) in [6, 6.07) is 0. The number of thiocarbonyl (C=S) groups is 1. The Bertz CT molecular complexity index is 512. The Balaban J connectivity index is 2.09. The predicted octanol–water partition coefficient (Wildman–Crippen LogP) is 5.86. The van der Waals surface area contributed by atoms with E-state index in [1.807, 2.05) is 0 Å². The lowest BCUT2D eigenvalue weighted by molar-refractivity contribution is 0.0375. The normalized spacial score (nSPS) is 16.3. The molecular weight excluding hydrogens is 354 g/mol. The number of hydrogen-bond acceptors (Lipinski definition) is 4. The number of ether oxygens (including phenoxy) is 2. The fourth-order valence-corrected chi connectivity index (χ4v) is 3.17. The minimum absolute atomic E-state index is 0.603. The maximum absolute atomic E-state index is 5.69. The zero-order valence-electron chi connectivity index (χ0n) is 17.9. The van der Waals surface area contributed by atoms with Gasteiger partial charge in [0.15, 0.2) is 5.05 Å². The molecule has 0 atom stereocenters. The van der Waals surface area contributed by atoms with Gasteiger partial charge in [-0.15, -0.1) is 0 Å². The van der Waals surface area contributed by atoms with Crippen molar-refractivity contribution < 1.29 is 9.47 Å². The summed E-state index contributed by atoms with van der Waals surface area (Å²) in [4.78, 5) is 2.44. The van der Waals surface area contributed by atoms with Gasteiger partial charge in [-0.25, -0.2) is 0 Å². The molecule has 1 fully saturated rings. The lowest BCUT2D eigenvalue weighted by Crippen LogP contribution is -2.36. The Labute approximate surface area is 172 Å². The third-order valence-electron chi connectivity index (χ3n) is 4.76. The van der Waals surface area contributed by atoms with Crippen LogP contribution >= 0.6 is 12.2 Å². The third-order valence-corrected chi connectivity index (χ3v) is 5.08. The van der Waals surface area contributed by atoms with E-state index in [1.165, 1.54) is 16.7 Å². The predicted molar refractivity (Wildman–Crippen MR) is 120 cm³/mol. The molecule has 0 saturated carbocycles. The van der Waals surface area contributed by atoms with Gasteiger partial charge in [0.25, 0.3) is 0 Å². The zero-order chi connectivity index (χ0) is 19.9. The van der Waals surface area contributed by atoms with Crippen molar-refractivity contribution >= 4 is 17.3 Å². The molecule has 1 heterocycles. The number of allylic oxidation sites excluding steroid dienone is 5.